The lowest BCUT2D eigenvalue weighted by Crippen LogP contribution is -2.40. The Morgan fingerprint density at radius 1 is 1.36 bits per heavy atom. The normalized spacial score (nSPS) is 29.8. The van der Waals surface area contributed by atoms with Crippen LogP contribution in [0.1, 0.15) is 46.5 Å². The molecule has 1 fully saturated rings. The Morgan fingerprint density at radius 3 is 2.50 bits per heavy atom. The van der Waals surface area contributed by atoms with Gasteiger partial charge in [0.05, 0.1) is 0 Å². The van der Waals surface area contributed by atoms with Gasteiger partial charge in [0.2, 0.25) is 0 Å². The highest BCUT2D eigenvalue weighted by atomic mass is 15.2. The SMILES string of the molecule is CCC(C)N(CC)C1CCC(NC)C1. The van der Waals surface area contributed by atoms with Crippen molar-refractivity contribution in [1.82, 2.24) is 10.2 Å². The standard InChI is InChI=1S/C12H26N2/c1-5-10(3)14(6-2)12-8-7-11(9-12)13-4/h10-13H,5-9H2,1-4H3. The van der Waals surface area contributed by atoms with Crippen LogP contribution in [0.3, 0.4) is 0 Å². The van der Waals surface area contributed by atoms with Crippen LogP contribution in [0.15, 0.2) is 0 Å². The van der Waals surface area contributed by atoms with Crippen LogP contribution >= 0.6 is 0 Å². The molecule has 1 rings (SSSR count). The number of nitrogens with one attached hydrogen (secondary N) is 1. The molecule has 0 bridgehead atoms. The maximum absolute atomic E-state index is 3.40. The van der Waals surface area contributed by atoms with E-state index in [1.807, 2.05) is 0 Å². The van der Waals surface area contributed by atoms with E-state index in [2.05, 4.69) is 38.0 Å². The molecule has 0 aliphatic heterocycles. The van der Waals surface area contributed by atoms with Gasteiger partial charge in [-0.2, -0.15) is 0 Å². The van der Waals surface area contributed by atoms with Crippen molar-refractivity contribution in [2.45, 2.75) is 64.6 Å². The molecule has 0 radical (unpaired) electrons. The van der Waals surface area contributed by atoms with E-state index in [-0.39, 0.29) is 0 Å². The molecule has 0 aromatic heterocycles. The zero-order valence-corrected chi connectivity index (χ0v) is 10.2. The molecule has 3 unspecified atom stereocenters. The summed E-state index contributed by atoms with van der Waals surface area (Å²) < 4.78 is 0. The molecule has 0 heterocycles. The maximum atomic E-state index is 3.40. The van der Waals surface area contributed by atoms with Crippen LogP contribution in [-0.4, -0.2) is 36.6 Å². The van der Waals surface area contributed by atoms with Gasteiger partial charge in [0.15, 0.2) is 0 Å². The van der Waals surface area contributed by atoms with Crippen LogP contribution in [0.25, 0.3) is 0 Å². The number of hydrogen-bond acceptors (Lipinski definition) is 2. The Labute approximate surface area is 89.1 Å². The van der Waals surface area contributed by atoms with E-state index in [1.54, 1.807) is 0 Å². The molecular weight excluding hydrogens is 172 g/mol. The molecule has 3 atom stereocenters. The third-order valence-corrected chi connectivity index (χ3v) is 3.80. The van der Waals surface area contributed by atoms with Crippen LogP contribution in [0.2, 0.25) is 0 Å². The van der Waals surface area contributed by atoms with Gasteiger partial charge in [-0.25, -0.2) is 0 Å². The molecule has 1 N–H and O–H groups in total. The Kier molecular flexibility index (Phi) is 4.90. The molecule has 0 aromatic rings. The number of rotatable bonds is 5. The average Bonchev–Trinajstić information content (AvgIpc) is 2.67. The summed E-state index contributed by atoms with van der Waals surface area (Å²) in [4.78, 5) is 2.68. The van der Waals surface area contributed by atoms with Crippen molar-refractivity contribution in [3.63, 3.8) is 0 Å². The van der Waals surface area contributed by atoms with Crippen LogP contribution in [0, 0.1) is 0 Å². The Balaban J connectivity index is 2.46. The van der Waals surface area contributed by atoms with Crippen molar-refractivity contribution < 1.29 is 0 Å². The molecule has 2 nitrogen and oxygen atoms in total. The molecule has 1 saturated carbocycles. The monoisotopic (exact) mass is 198 g/mol. The largest absolute Gasteiger partial charge is 0.317 e. The van der Waals surface area contributed by atoms with E-state index in [4.69, 9.17) is 0 Å². The minimum atomic E-state index is 0.751. The van der Waals surface area contributed by atoms with E-state index in [0.717, 1.165) is 18.1 Å². The molecule has 14 heavy (non-hydrogen) atoms. The fourth-order valence-electron chi connectivity index (χ4n) is 2.69. The van der Waals surface area contributed by atoms with E-state index in [0.29, 0.717) is 0 Å². The summed E-state index contributed by atoms with van der Waals surface area (Å²) in [6.45, 7) is 8.14. The van der Waals surface area contributed by atoms with Gasteiger partial charge in [-0.15, -0.1) is 0 Å². The van der Waals surface area contributed by atoms with Gasteiger partial charge in [-0.05, 0) is 46.2 Å². The fourth-order valence-corrected chi connectivity index (χ4v) is 2.69. The number of hydrogen-bond donors (Lipinski definition) is 1. The first kappa shape index (κ1) is 12.0. The second-order valence-corrected chi connectivity index (χ2v) is 4.54. The minimum absolute atomic E-state index is 0.751. The highest BCUT2D eigenvalue weighted by molar-refractivity contribution is 4.87. The minimum Gasteiger partial charge on any atom is -0.317 e. The quantitative estimate of drug-likeness (QED) is 0.729. The summed E-state index contributed by atoms with van der Waals surface area (Å²) in [6, 6.07) is 2.34. The average molecular weight is 198 g/mol. The first-order valence-electron chi connectivity index (χ1n) is 6.15. The lowest BCUT2D eigenvalue weighted by Gasteiger charge is -2.33. The molecule has 84 valence electrons. The topological polar surface area (TPSA) is 15.3 Å². The Bertz CT molecular complexity index is 158. The second-order valence-electron chi connectivity index (χ2n) is 4.54. The van der Waals surface area contributed by atoms with Crippen LogP contribution < -0.4 is 5.32 Å². The van der Waals surface area contributed by atoms with Crippen molar-refractivity contribution in [1.29, 1.82) is 0 Å². The van der Waals surface area contributed by atoms with Gasteiger partial charge in [-0.1, -0.05) is 13.8 Å². The van der Waals surface area contributed by atoms with Crippen molar-refractivity contribution in [2.24, 2.45) is 0 Å². The summed E-state index contributed by atoms with van der Waals surface area (Å²) in [7, 11) is 2.09. The molecule has 1 aliphatic rings. The van der Waals surface area contributed by atoms with Gasteiger partial charge in [0, 0.05) is 18.1 Å². The van der Waals surface area contributed by atoms with Gasteiger partial charge in [0.1, 0.15) is 0 Å². The highest BCUT2D eigenvalue weighted by Gasteiger charge is 2.29. The summed E-state index contributed by atoms with van der Waals surface area (Å²) in [5, 5.41) is 3.40. The predicted octanol–water partition coefficient (Wildman–Crippen LogP) is 2.25. The molecule has 0 aromatic carbocycles. The zero-order chi connectivity index (χ0) is 10.6. The Morgan fingerprint density at radius 2 is 2.07 bits per heavy atom. The van der Waals surface area contributed by atoms with E-state index < -0.39 is 0 Å². The molecule has 1 aliphatic carbocycles. The zero-order valence-electron chi connectivity index (χ0n) is 10.2. The van der Waals surface area contributed by atoms with Gasteiger partial charge in [0.25, 0.3) is 0 Å². The third kappa shape index (κ3) is 2.71. The third-order valence-electron chi connectivity index (χ3n) is 3.80. The van der Waals surface area contributed by atoms with Gasteiger partial charge in [-0.3, -0.25) is 4.90 Å². The highest BCUT2D eigenvalue weighted by Crippen LogP contribution is 2.25. The summed E-state index contributed by atoms with van der Waals surface area (Å²) in [6.07, 6.45) is 5.35. The first-order valence-corrected chi connectivity index (χ1v) is 6.15. The number of nitrogens with zero attached hydrogens (tertiary/aromatic N) is 1. The molecule has 2 heteroatoms. The van der Waals surface area contributed by atoms with Gasteiger partial charge < -0.3 is 5.32 Å². The van der Waals surface area contributed by atoms with Crippen molar-refractivity contribution in [3.05, 3.63) is 0 Å². The predicted molar refractivity (Wildman–Crippen MR) is 62.6 cm³/mol. The van der Waals surface area contributed by atoms with Crippen molar-refractivity contribution >= 4 is 0 Å². The second kappa shape index (κ2) is 5.72. The summed E-state index contributed by atoms with van der Waals surface area (Å²) in [5.41, 5.74) is 0. The lowest BCUT2D eigenvalue weighted by molar-refractivity contribution is 0.148. The van der Waals surface area contributed by atoms with E-state index in [9.17, 15) is 0 Å². The smallest absolute Gasteiger partial charge is 0.0113 e. The Hall–Kier alpha value is -0.0800. The van der Waals surface area contributed by atoms with Crippen molar-refractivity contribution in [2.75, 3.05) is 13.6 Å². The van der Waals surface area contributed by atoms with Crippen LogP contribution in [0.4, 0.5) is 0 Å². The molecule has 0 spiro atoms. The fraction of sp³-hybridized carbons (Fsp3) is 1.00. The van der Waals surface area contributed by atoms with Crippen molar-refractivity contribution in [3.8, 4) is 0 Å². The summed E-state index contributed by atoms with van der Waals surface area (Å²) >= 11 is 0. The lowest BCUT2D eigenvalue weighted by atomic mass is 10.1. The van der Waals surface area contributed by atoms with E-state index in [1.165, 1.54) is 32.2 Å². The molecule has 0 saturated heterocycles. The summed E-state index contributed by atoms with van der Waals surface area (Å²) in [5.74, 6) is 0. The first-order chi connectivity index (χ1) is 6.72. The molecule has 0 amide bonds. The molecular formula is C12H26N2. The maximum Gasteiger partial charge on any atom is 0.0113 e. The van der Waals surface area contributed by atoms with Crippen LogP contribution in [0.5, 0.6) is 0 Å². The van der Waals surface area contributed by atoms with Gasteiger partial charge >= 0.3 is 0 Å². The van der Waals surface area contributed by atoms with Crippen LogP contribution in [-0.2, 0) is 0 Å². The van der Waals surface area contributed by atoms with E-state index >= 15 is 0 Å².